The first-order valence-electron chi connectivity index (χ1n) is 6.23. The first kappa shape index (κ1) is 11.8. The van der Waals surface area contributed by atoms with Crippen LogP contribution in [0.5, 0.6) is 0 Å². The van der Waals surface area contributed by atoms with E-state index in [0.29, 0.717) is 5.82 Å². The van der Waals surface area contributed by atoms with Crippen molar-refractivity contribution >= 4 is 11.0 Å². The molecule has 2 aromatic heterocycles. The molecule has 3 aromatic rings. The summed E-state index contributed by atoms with van der Waals surface area (Å²) in [6, 6.07) is 11.5. The summed E-state index contributed by atoms with van der Waals surface area (Å²) in [7, 11) is 0. The molecule has 19 heavy (non-hydrogen) atoms. The molecule has 0 radical (unpaired) electrons. The summed E-state index contributed by atoms with van der Waals surface area (Å²) < 4.78 is 1.70. The van der Waals surface area contributed by atoms with E-state index in [4.69, 9.17) is 0 Å². The van der Waals surface area contributed by atoms with Crippen molar-refractivity contribution < 1.29 is 5.11 Å². The number of rotatable bonds is 3. The number of para-hydroxylation sites is 1. The van der Waals surface area contributed by atoms with Gasteiger partial charge in [-0.3, -0.25) is 0 Å². The highest BCUT2D eigenvalue weighted by atomic mass is 16.3. The predicted octanol–water partition coefficient (Wildman–Crippen LogP) is 1.87. The highest BCUT2D eigenvalue weighted by molar-refractivity contribution is 5.75. The summed E-state index contributed by atoms with van der Waals surface area (Å²) in [5.41, 5.74) is 3.51. The second-order valence-corrected chi connectivity index (χ2v) is 4.33. The van der Waals surface area contributed by atoms with E-state index in [1.54, 1.807) is 4.68 Å². The minimum Gasteiger partial charge on any atom is -0.392 e. The average molecular weight is 254 g/mol. The Morgan fingerprint density at radius 3 is 2.84 bits per heavy atom. The van der Waals surface area contributed by atoms with Crippen molar-refractivity contribution in [3.63, 3.8) is 0 Å². The molecule has 1 N–H and O–H groups in total. The second kappa shape index (κ2) is 4.78. The van der Waals surface area contributed by atoms with Crippen molar-refractivity contribution in [1.82, 2.24) is 20.0 Å². The Kier molecular flexibility index (Phi) is 2.97. The Balaban J connectivity index is 2.20. The molecule has 0 saturated heterocycles. The summed E-state index contributed by atoms with van der Waals surface area (Å²) in [4.78, 5) is 4.54. The molecule has 0 saturated carbocycles. The van der Waals surface area contributed by atoms with Crippen molar-refractivity contribution in [2.45, 2.75) is 20.0 Å². The zero-order chi connectivity index (χ0) is 13.2. The molecule has 1 aromatic carbocycles. The minimum atomic E-state index is -0.00481. The van der Waals surface area contributed by atoms with E-state index in [2.05, 4.69) is 15.3 Å². The second-order valence-electron chi connectivity index (χ2n) is 4.33. The summed E-state index contributed by atoms with van der Waals surface area (Å²) in [5.74, 6) is 0.692. The van der Waals surface area contributed by atoms with Crippen LogP contribution in [0.1, 0.15) is 18.2 Å². The van der Waals surface area contributed by atoms with Gasteiger partial charge in [-0.1, -0.05) is 24.3 Å². The Morgan fingerprint density at radius 1 is 1.21 bits per heavy atom. The quantitative estimate of drug-likeness (QED) is 0.775. The van der Waals surface area contributed by atoms with E-state index in [1.807, 2.05) is 43.3 Å². The van der Waals surface area contributed by atoms with Crippen LogP contribution < -0.4 is 0 Å². The summed E-state index contributed by atoms with van der Waals surface area (Å²) >= 11 is 0. The number of aromatic nitrogens is 4. The minimum absolute atomic E-state index is 0.00481. The molecule has 0 aliphatic heterocycles. The van der Waals surface area contributed by atoms with Crippen LogP contribution >= 0.6 is 0 Å². The van der Waals surface area contributed by atoms with Crippen LogP contribution in [0.15, 0.2) is 36.4 Å². The number of aryl methyl sites for hydroxylation is 1. The molecule has 5 nitrogen and oxygen atoms in total. The molecule has 2 heterocycles. The van der Waals surface area contributed by atoms with E-state index in [9.17, 15) is 5.11 Å². The SMILES string of the molecule is CCc1cc(CO)cc(-n2nnc3ccccc32)n1. The first-order valence-corrected chi connectivity index (χ1v) is 6.23. The molecule has 0 aliphatic carbocycles. The van der Waals surface area contributed by atoms with Gasteiger partial charge in [-0.15, -0.1) is 5.10 Å². The molecular weight excluding hydrogens is 240 g/mol. The highest BCUT2D eigenvalue weighted by Gasteiger charge is 2.09. The smallest absolute Gasteiger partial charge is 0.156 e. The Hall–Kier alpha value is -2.27. The van der Waals surface area contributed by atoms with Crippen molar-refractivity contribution in [3.8, 4) is 5.82 Å². The van der Waals surface area contributed by atoms with Gasteiger partial charge in [0.05, 0.1) is 12.1 Å². The molecule has 0 amide bonds. The third kappa shape index (κ3) is 2.08. The zero-order valence-corrected chi connectivity index (χ0v) is 10.6. The van der Waals surface area contributed by atoms with Gasteiger partial charge in [0.1, 0.15) is 5.52 Å². The number of nitrogens with zero attached hydrogens (tertiary/aromatic N) is 4. The Morgan fingerprint density at radius 2 is 2.05 bits per heavy atom. The van der Waals surface area contributed by atoms with Crippen molar-refractivity contribution in [2.75, 3.05) is 0 Å². The van der Waals surface area contributed by atoms with E-state index in [0.717, 1.165) is 28.7 Å². The predicted molar refractivity (Wildman–Crippen MR) is 72.0 cm³/mol. The van der Waals surface area contributed by atoms with E-state index in [1.165, 1.54) is 0 Å². The van der Waals surface area contributed by atoms with Gasteiger partial charge in [0.15, 0.2) is 5.82 Å². The Bertz CT molecular complexity index is 698. The molecule has 0 spiro atoms. The summed E-state index contributed by atoms with van der Waals surface area (Å²) in [6.45, 7) is 2.03. The fourth-order valence-corrected chi connectivity index (χ4v) is 2.05. The molecule has 0 bridgehead atoms. The van der Waals surface area contributed by atoms with Gasteiger partial charge in [-0.25, -0.2) is 4.98 Å². The maximum Gasteiger partial charge on any atom is 0.156 e. The van der Waals surface area contributed by atoms with Crippen molar-refractivity contribution in [3.05, 3.63) is 47.7 Å². The van der Waals surface area contributed by atoms with Crippen LogP contribution in [0.25, 0.3) is 16.9 Å². The zero-order valence-electron chi connectivity index (χ0n) is 10.6. The van der Waals surface area contributed by atoms with Crippen LogP contribution in [0.3, 0.4) is 0 Å². The van der Waals surface area contributed by atoms with Crippen molar-refractivity contribution in [2.24, 2.45) is 0 Å². The molecule has 0 unspecified atom stereocenters. The third-order valence-electron chi connectivity index (χ3n) is 3.04. The van der Waals surface area contributed by atoms with Crippen LogP contribution in [0.4, 0.5) is 0 Å². The van der Waals surface area contributed by atoms with Gasteiger partial charge < -0.3 is 5.11 Å². The van der Waals surface area contributed by atoms with E-state index < -0.39 is 0 Å². The van der Waals surface area contributed by atoms with Gasteiger partial charge in [0.2, 0.25) is 0 Å². The van der Waals surface area contributed by atoms with Gasteiger partial charge in [0.25, 0.3) is 0 Å². The van der Waals surface area contributed by atoms with Gasteiger partial charge in [0, 0.05) is 5.69 Å². The van der Waals surface area contributed by atoms with Gasteiger partial charge in [-0.05, 0) is 36.2 Å². The third-order valence-corrected chi connectivity index (χ3v) is 3.04. The number of aliphatic hydroxyl groups excluding tert-OH is 1. The maximum atomic E-state index is 9.32. The number of aliphatic hydroxyl groups is 1. The number of hydrogen-bond acceptors (Lipinski definition) is 4. The molecule has 96 valence electrons. The molecule has 0 aliphatic rings. The number of fused-ring (bicyclic) bond motifs is 1. The van der Waals surface area contributed by atoms with Crippen LogP contribution in [0, 0.1) is 0 Å². The lowest BCUT2D eigenvalue weighted by Gasteiger charge is -2.06. The lowest BCUT2D eigenvalue weighted by molar-refractivity contribution is 0.281. The fourth-order valence-electron chi connectivity index (χ4n) is 2.05. The lowest BCUT2D eigenvalue weighted by atomic mass is 10.2. The normalized spacial score (nSPS) is 11.1. The topological polar surface area (TPSA) is 63.8 Å². The van der Waals surface area contributed by atoms with Gasteiger partial charge in [-0.2, -0.15) is 4.68 Å². The Labute approximate surface area is 110 Å². The first-order chi connectivity index (χ1) is 9.31. The molecule has 3 rings (SSSR count). The number of benzene rings is 1. The monoisotopic (exact) mass is 254 g/mol. The van der Waals surface area contributed by atoms with Crippen LogP contribution in [-0.2, 0) is 13.0 Å². The molecule has 0 atom stereocenters. The highest BCUT2D eigenvalue weighted by Crippen LogP contribution is 2.16. The number of hydrogen-bond donors (Lipinski definition) is 1. The van der Waals surface area contributed by atoms with Crippen LogP contribution in [-0.4, -0.2) is 25.1 Å². The number of pyridine rings is 1. The lowest BCUT2D eigenvalue weighted by Crippen LogP contribution is -2.04. The fraction of sp³-hybridized carbons (Fsp3) is 0.214. The van der Waals surface area contributed by atoms with Crippen molar-refractivity contribution in [1.29, 1.82) is 0 Å². The average Bonchev–Trinajstić information content (AvgIpc) is 2.90. The molecular formula is C14H14N4O. The van der Waals surface area contributed by atoms with Crippen LogP contribution in [0.2, 0.25) is 0 Å². The van der Waals surface area contributed by atoms with Gasteiger partial charge >= 0.3 is 0 Å². The standard InChI is InChI=1S/C14H14N4O/c1-2-11-7-10(9-19)8-14(15-11)18-13-6-4-3-5-12(13)16-17-18/h3-8,19H,2,9H2,1H3. The summed E-state index contributed by atoms with van der Waals surface area (Å²) in [5, 5.41) is 17.6. The molecule has 0 fully saturated rings. The molecule has 5 heteroatoms. The maximum absolute atomic E-state index is 9.32. The largest absolute Gasteiger partial charge is 0.392 e. The van der Waals surface area contributed by atoms with E-state index >= 15 is 0 Å². The van der Waals surface area contributed by atoms with E-state index in [-0.39, 0.29) is 6.61 Å². The summed E-state index contributed by atoms with van der Waals surface area (Å²) in [6.07, 6.45) is 0.813.